The lowest BCUT2D eigenvalue weighted by Gasteiger charge is -2.04. The molecule has 0 bridgehead atoms. The third kappa shape index (κ3) is 2.76. The van der Waals surface area contributed by atoms with Crippen molar-refractivity contribution in [1.29, 1.82) is 0 Å². The average Bonchev–Trinajstić information content (AvgIpc) is 2.97. The highest BCUT2D eigenvalue weighted by atomic mass is 32.2. The minimum atomic E-state index is -3.17. The first-order valence-electron chi connectivity index (χ1n) is 6.48. The van der Waals surface area contributed by atoms with Crippen molar-refractivity contribution in [1.82, 2.24) is 0 Å². The van der Waals surface area contributed by atoms with Crippen LogP contribution < -0.4 is 0 Å². The molecule has 0 radical (unpaired) electrons. The van der Waals surface area contributed by atoms with Gasteiger partial charge in [-0.15, -0.1) is 0 Å². The topological polar surface area (TPSA) is 47.3 Å². The van der Waals surface area contributed by atoms with Crippen LogP contribution in [0.5, 0.6) is 0 Å². The SMILES string of the molecule is CS(=O)(=O)c1ccc(-c2cocc2-c2ccccc2)cc1. The first kappa shape index (κ1) is 13.6. The van der Waals surface area contributed by atoms with Crippen molar-refractivity contribution in [2.45, 2.75) is 4.90 Å². The zero-order valence-electron chi connectivity index (χ0n) is 11.5. The van der Waals surface area contributed by atoms with Crippen LogP contribution in [0.2, 0.25) is 0 Å². The Hall–Kier alpha value is -2.33. The maximum Gasteiger partial charge on any atom is 0.175 e. The normalized spacial score (nSPS) is 11.5. The van der Waals surface area contributed by atoms with E-state index in [2.05, 4.69) is 0 Å². The Bertz CT molecular complexity index is 845. The lowest BCUT2D eigenvalue weighted by Crippen LogP contribution is -1.96. The van der Waals surface area contributed by atoms with E-state index in [9.17, 15) is 8.42 Å². The van der Waals surface area contributed by atoms with E-state index in [1.165, 1.54) is 6.26 Å². The van der Waals surface area contributed by atoms with Crippen LogP contribution in [0.15, 0.2) is 76.4 Å². The van der Waals surface area contributed by atoms with Gasteiger partial charge < -0.3 is 4.42 Å². The second-order valence-electron chi connectivity index (χ2n) is 4.86. The van der Waals surface area contributed by atoms with Crippen molar-refractivity contribution in [3.05, 3.63) is 67.1 Å². The fraction of sp³-hybridized carbons (Fsp3) is 0.0588. The molecule has 1 heterocycles. The molecule has 0 aliphatic carbocycles. The molecule has 3 nitrogen and oxygen atoms in total. The summed E-state index contributed by atoms with van der Waals surface area (Å²) in [7, 11) is -3.17. The van der Waals surface area contributed by atoms with Crippen LogP contribution in [0.3, 0.4) is 0 Å². The van der Waals surface area contributed by atoms with Gasteiger partial charge in [0.05, 0.1) is 17.4 Å². The van der Waals surface area contributed by atoms with E-state index >= 15 is 0 Å². The summed E-state index contributed by atoms with van der Waals surface area (Å²) in [6.07, 6.45) is 4.59. The van der Waals surface area contributed by atoms with Gasteiger partial charge in [-0.3, -0.25) is 0 Å². The standard InChI is InChI=1S/C17H14O3S/c1-21(18,19)15-9-7-14(8-10-15)17-12-20-11-16(17)13-5-3-2-4-6-13/h2-12H,1H3. The zero-order valence-corrected chi connectivity index (χ0v) is 12.3. The van der Waals surface area contributed by atoms with Gasteiger partial charge in [0.15, 0.2) is 9.84 Å². The van der Waals surface area contributed by atoms with Gasteiger partial charge in [-0.05, 0) is 23.3 Å². The van der Waals surface area contributed by atoms with Crippen LogP contribution in [-0.4, -0.2) is 14.7 Å². The average molecular weight is 298 g/mol. The largest absolute Gasteiger partial charge is 0.471 e. The lowest BCUT2D eigenvalue weighted by molar-refractivity contribution is 0.569. The maximum atomic E-state index is 11.5. The fourth-order valence-electron chi connectivity index (χ4n) is 2.24. The molecule has 0 fully saturated rings. The number of furan rings is 1. The van der Waals surface area contributed by atoms with Gasteiger partial charge in [0.2, 0.25) is 0 Å². The van der Waals surface area contributed by atoms with Gasteiger partial charge in [-0.2, -0.15) is 0 Å². The Balaban J connectivity index is 2.05. The minimum Gasteiger partial charge on any atom is -0.471 e. The quantitative estimate of drug-likeness (QED) is 0.733. The number of rotatable bonds is 3. The van der Waals surface area contributed by atoms with Crippen molar-refractivity contribution in [3.8, 4) is 22.3 Å². The van der Waals surface area contributed by atoms with Crippen molar-refractivity contribution >= 4 is 9.84 Å². The Morgan fingerprint density at radius 3 is 1.81 bits per heavy atom. The smallest absolute Gasteiger partial charge is 0.175 e. The second-order valence-corrected chi connectivity index (χ2v) is 6.88. The molecule has 0 unspecified atom stereocenters. The highest BCUT2D eigenvalue weighted by molar-refractivity contribution is 7.90. The van der Waals surface area contributed by atoms with E-state index in [0.717, 1.165) is 22.3 Å². The van der Waals surface area contributed by atoms with Gasteiger partial charge in [-0.1, -0.05) is 42.5 Å². The molecular weight excluding hydrogens is 284 g/mol. The first-order valence-corrected chi connectivity index (χ1v) is 8.37. The monoisotopic (exact) mass is 298 g/mol. The molecule has 0 spiro atoms. The second kappa shape index (κ2) is 5.22. The van der Waals surface area contributed by atoms with Crippen LogP contribution in [0, 0.1) is 0 Å². The molecule has 0 atom stereocenters. The Kier molecular flexibility index (Phi) is 3.39. The molecular formula is C17H14O3S. The molecule has 0 aliphatic rings. The number of benzene rings is 2. The Morgan fingerprint density at radius 2 is 1.29 bits per heavy atom. The molecule has 0 aliphatic heterocycles. The maximum absolute atomic E-state index is 11.5. The zero-order chi connectivity index (χ0) is 14.9. The summed E-state index contributed by atoms with van der Waals surface area (Å²) in [4.78, 5) is 0.316. The van der Waals surface area contributed by atoms with Crippen LogP contribution in [0.4, 0.5) is 0 Å². The Labute approximate surface area is 123 Å². The van der Waals surface area contributed by atoms with Crippen LogP contribution in [0.1, 0.15) is 0 Å². The molecule has 0 amide bonds. The molecule has 106 valence electrons. The molecule has 3 aromatic rings. The van der Waals surface area contributed by atoms with Crippen LogP contribution in [-0.2, 0) is 9.84 Å². The third-order valence-electron chi connectivity index (χ3n) is 3.34. The number of hydrogen-bond donors (Lipinski definition) is 0. The van der Waals surface area contributed by atoms with Crippen molar-refractivity contribution in [2.24, 2.45) is 0 Å². The van der Waals surface area contributed by atoms with E-state index < -0.39 is 9.84 Å². The molecule has 1 aromatic heterocycles. The van der Waals surface area contributed by atoms with Crippen LogP contribution in [0.25, 0.3) is 22.3 Å². The van der Waals surface area contributed by atoms with Gasteiger partial charge >= 0.3 is 0 Å². The third-order valence-corrected chi connectivity index (χ3v) is 4.47. The number of sulfone groups is 1. The van der Waals surface area contributed by atoms with E-state index in [4.69, 9.17) is 4.42 Å². The van der Waals surface area contributed by atoms with Gasteiger partial charge in [0.25, 0.3) is 0 Å². The molecule has 3 rings (SSSR count). The van der Waals surface area contributed by atoms with E-state index in [0.29, 0.717) is 4.90 Å². The van der Waals surface area contributed by atoms with E-state index in [-0.39, 0.29) is 0 Å². The summed E-state index contributed by atoms with van der Waals surface area (Å²) in [6, 6.07) is 16.8. The predicted molar refractivity (Wildman–Crippen MR) is 82.7 cm³/mol. The fourth-order valence-corrected chi connectivity index (χ4v) is 2.87. The Morgan fingerprint density at radius 1 is 0.762 bits per heavy atom. The molecule has 0 saturated carbocycles. The molecule has 0 saturated heterocycles. The predicted octanol–water partition coefficient (Wildman–Crippen LogP) is 4.02. The van der Waals surface area contributed by atoms with Gasteiger partial charge in [0.1, 0.15) is 0 Å². The molecule has 2 aromatic carbocycles. The van der Waals surface area contributed by atoms with Crippen molar-refractivity contribution in [2.75, 3.05) is 6.26 Å². The summed E-state index contributed by atoms with van der Waals surface area (Å²) in [5.41, 5.74) is 3.92. The van der Waals surface area contributed by atoms with Crippen molar-refractivity contribution < 1.29 is 12.8 Å². The van der Waals surface area contributed by atoms with Crippen molar-refractivity contribution in [3.63, 3.8) is 0 Å². The molecule has 21 heavy (non-hydrogen) atoms. The summed E-state index contributed by atoms with van der Waals surface area (Å²) in [6.45, 7) is 0. The minimum absolute atomic E-state index is 0.316. The summed E-state index contributed by atoms with van der Waals surface area (Å²) < 4.78 is 28.3. The summed E-state index contributed by atoms with van der Waals surface area (Å²) in [5.74, 6) is 0. The van der Waals surface area contributed by atoms with Gasteiger partial charge in [0, 0.05) is 17.4 Å². The number of hydrogen-bond acceptors (Lipinski definition) is 3. The summed E-state index contributed by atoms with van der Waals surface area (Å²) >= 11 is 0. The molecule has 0 N–H and O–H groups in total. The molecule has 4 heteroatoms. The van der Waals surface area contributed by atoms with Gasteiger partial charge in [-0.25, -0.2) is 8.42 Å². The van der Waals surface area contributed by atoms with E-state index in [1.807, 2.05) is 30.3 Å². The van der Waals surface area contributed by atoms with E-state index in [1.54, 1.807) is 36.8 Å². The summed E-state index contributed by atoms with van der Waals surface area (Å²) in [5, 5.41) is 0. The lowest BCUT2D eigenvalue weighted by atomic mass is 9.99. The highest BCUT2D eigenvalue weighted by Gasteiger charge is 2.11. The first-order chi connectivity index (χ1) is 10.1. The highest BCUT2D eigenvalue weighted by Crippen LogP contribution is 2.33. The van der Waals surface area contributed by atoms with Crippen LogP contribution >= 0.6 is 0 Å².